The van der Waals surface area contributed by atoms with Crippen LogP contribution in [0.25, 0.3) is 0 Å². The average molecular weight is 222 g/mol. The van der Waals surface area contributed by atoms with Crippen LogP contribution >= 0.6 is 0 Å². The Labute approximate surface area is 100 Å². The van der Waals surface area contributed by atoms with Gasteiger partial charge in [0.15, 0.2) is 0 Å². The zero-order chi connectivity index (χ0) is 11.6. The molecule has 0 aromatic carbocycles. The molecule has 2 rings (SSSR count). The molecule has 0 radical (unpaired) electrons. The Balaban J connectivity index is 2.01. The Morgan fingerprint density at radius 3 is 2.81 bits per heavy atom. The van der Waals surface area contributed by atoms with Gasteiger partial charge >= 0.3 is 0 Å². The molecule has 2 aliphatic rings. The molecule has 1 saturated carbocycles. The summed E-state index contributed by atoms with van der Waals surface area (Å²) in [6.45, 7) is 12.0. The maximum absolute atomic E-state index is 3.91. The summed E-state index contributed by atoms with van der Waals surface area (Å²) in [6.07, 6.45) is 7.48. The van der Waals surface area contributed by atoms with Crippen molar-refractivity contribution in [2.45, 2.75) is 51.1 Å². The summed E-state index contributed by atoms with van der Waals surface area (Å²) >= 11 is 0. The minimum Gasteiger partial charge on any atom is -0.311 e. The van der Waals surface area contributed by atoms with E-state index in [1.165, 1.54) is 32.2 Å². The highest BCUT2D eigenvalue weighted by molar-refractivity contribution is 5.05. The van der Waals surface area contributed by atoms with E-state index in [2.05, 4.69) is 36.7 Å². The van der Waals surface area contributed by atoms with Gasteiger partial charge in [0.25, 0.3) is 0 Å². The van der Waals surface area contributed by atoms with Crippen molar-refractivity contribution in [1.29, 1.82) is 0 Å². The Hall–Kier alpha value is -0.340. The summed E-state index contributed by atoms with van der Waals surface area (Å²) in [6, 6.07) is 0.691. The van der Waals surface area contributed by atoms with Crippen LogP contribution in [0, 0.1) is 5.92 Å². The van der Waals surface area contributed by atoms with Gasteiger partial charge in [0.2, 0.25) is 0 Å². The lowest BCUT2D eigenvalue weighted by Gasteiger charge is -2.48. The molecule has 0 bridgehead atoms. The molecule has 0 amide bonds. The largest absolute Gasteiger partial charge is 0.311 e. The second kappa shape index (κ2) is 4.89. The first-order chi connectivity index (χ1) is 7.70. The normalized spacial score (nSPS) is 36.2. The van der Waals surface area contributed by atoms with E-state index >= 15 is 0 Å². The molecule has 2 heteroatoms. The Morgan fingerprint density at radius 1 is 1.50 bits per heavy atom. The van der Waals surface area contributed by atoms with Crippen molar-refractivity contribution >= 4 is 0 Å². The summed E-state index contributed by atoms with van der Waals surface area (Å²) in [5.41, 5.74) is 0.387. The van der Waals surface area contributed by atoms with E-state index in [9.17, 15) is 0 Å². The number of nitrogens with zero attached hydrogens (tertiary/aromatic N) is 1. The van der Waals surface area contributed by atoms with Crippen molar-refractivity contribution < 1.29 is 0 Å². The topological polar surface area (TPSA) is 15.3 Å². The molecule has 1 heterocycles. The second-order valence-corrected chi connectivity index (χ2v) is 5.69. The van der Waals surface area contributed by atoms with E-state index in [0.29, 0.717) is 11.6 Å². The number of piperazine rings is 1. The van der Waals surface area contributed by atoms with Gasteiger partial charge in [-0.1, -0.05) is 19.4 Å². The monoisotopic (exact) mass is 222 g/mol. The number of nitrogens with one attached hydrogen (secondary N) is 1. The van der Waals surface area contributed by atoms with Gasteiger partial charge in [-0.3, -0.25) is 4.90 Å². The smallest absolute Gasteiger partial charge is 0.0337 e. The summed E-state index contributed by atoms with van der Waals surface area (Å²) in [4.78, 5) is 2.66. The van der Waals surface area contributed by atoms with Crippen molar-refractivity contribution in [3.63, 3.8) is 0 Å². The molecule has 0 aromatic rings. The standard InChI is InChI=1S/C14H26N2/c1-4-6-13-10-16(9-5-2)14(3,11-15-13)12-7-8-12/h5,12-13,15H,2,4,6-11H2,1,3H3. The SMILES string of the molecule is C=CCN1CC(CCC)NCC1(C)C1CC1. The van der Waals surface area contributed by atoms with Crippen molar-refractivity contribution in [1.82, 2.24) is 10.2 Å². The average Bonchev–Trinajstić information content (AvgIpc) is 3.08. The maximum atomic E-state index is 3.91. The van der Waals surface area contributed by atoms with E-state index in [1.807, 2.05) is 0 Å². The van der Waals surface area contributed by atoms with E-state index < -0.39 is 0 Å². The van der Waals surface area contributed by atoms with Gasteiger partial charge in [-0.15, -0.1) is 6.58 Å². The van der Waals surface area contributed by atoms with E-state index in [4.69, 9.17) is 0 Å². The first-order valence-corrected chi connectivity index (χ1v) is 6.80. The molecule has 0 spiro atoms. The fraction of sp³-hybridized carbons (Fsp3) is 0.857. The fourth-order valence-electron chi connectivity index (χ4n) is 3.09. The van der Waals surface area contributed by atoms with Gasteiger partial charge in [-0.2, -0.15) is 0 Å². The molecule has 2 atom stereocenters. The van der Waals surface area contributed by atoms with Crippen LogP contribution in [-0.4, -0.2) is 36.1 Å². The van der Waals surface area contributed by atoms with Crippen LogP contribution in [0.3, 0.4) is 0 Å². The first kappa shape index (κ1) is 12.1. The molecule has 1 aliphatic carbocycles. The Kier molecular flexibility index (Phi) is 3.70. The lowest BCUT2D eigenvalue weighted by atomic mass is 9.89. The van der Waals surface area contributed by atoms with Gasteiger partial charge in [0.05, 0.1) is 0 Å². The Bertz CT molecular complexity index is 247. The van der Waals surface area contributed by atoms with Crippen LogP contribution in [0.1, 0.15) is 39.5 Å². The first-order valence-electron chi connectivity index (χ1n) is 6.80. The molecule has 16 heavy (non-hydrogen) atoms. The molecule has 1 saturated heterocycles. The summed E-state index contributed by atoms with van der Waals surface area (Å²) in [5, 5.41) is 3.74. The number of rotatable bonds is 5. The number of hydrogen-bond donors (Lipinski definition) is 1. The third-order valence-electron chi connectivity index (χ3n) is 4.36. The highest BCUT2D eigenvalue weighted by Gasteiger charge is 2.47. The lowest BCUT2D eigenvalue weighted by Crippen LogP contribution is -2.64. The van der Waals surface area contributed by atoms with Gasteiger partial charge in [0.1, 0.15) is 0 Å². The van der Waals surface area contributed by atoms with Gasteiger partial charge < -0.3 is 5.32 Å². The highest BCUT2D eigenvalue weighted by Crippen LogP contribution is 2.44. The van der Waals surface area contributed by atoms with Crippen molar-refractivity contribution in [2.24, 2.45) is 5.92 Å². The van der Waals surface area contributed by atoms with E-state index in [-0.39, 0.29) is 0 Å². The Morgan fingerprint density at radius 2 is 2.25 bits per heavy atom. The minimum atomic E-state index is 0.387. The summed E-state index contributed by atoms with van der Waals surface area (Å²) in [7, 11) is 0. The highest BCUT2D eigenvalue weighted by atomic mass is 15.3. The molecular formula is C14H26N2. The van der Waals surface area contributed by atoms with E-state index in [0.717, 1.165) is 19.0 Å². The van der Waals surface area contributed by atoms with E-state index in [1.54, 1.807) is 0 Å². The molecule has 2 unspecified atom stereocenters. The minimum absolute atomic E-state index is 0.387. The van der Waals surface area contributed by atoms with Gasteiger partial charge in [-0.25, -0.2) is 0 Å². The van der Waals surface area contributed by atoms with Crippen LogP contribution in [0.4, 0.5) is 0 Å². The molecule has 2 nitrogen and oxygen atoms in total. The third-order valence-corrected chi connectivity index (χ3v) is 4.36. The maximum Gasteiger partial charge on any atom is 0.0337 e. The van der Waals surface area contributed by atoms with Crippen LogP contribution < -0.4 is 5.32 Å². The van der Waals surface area contributed by atoms with Crippen molar-refractivity contribution in [3.05, 3.63) is 12.7 Å². The predicted molar refractivity (Wildman–Crippen MR) is 69.6 cm³/mol. The van der Waals surface area contributed by atoms with Crippen molar-refractivity contribution in [3.8, 4) is 0 Å². The van der Waals surface area contributed by atoms with Crippen LogP contribution in [0.2, 0.25) is 0 Å². The number of hydrogen-bond acceptors (Lipinski definition) is 2. The molecule has 1 aliphatic heterocycles. The predicted octanol–water partition coefficient (Wildman–Crippen LogP) is 2.42. The molecule has 0 aromatic heterocycles. The van der Waals surface area contributed by atoms with Gasteiger partial charge in [0, 0.05) is 31.2 Å². The van der Waals surface area contributed by atoms with Crippen LogP contribution in [0.5, 0.6) is 0 Å². The third kappa shape index (κ3) is 2.33. The molecule has 2 fully saturated rings. The quantitative estimate of drug-likeness (QED) is 0.719. The summed E-state index contributed by atoms with van der Waals surface area (Å²) in [5.74, 6) is 0.919. The zero-order valence-corrected chi connectivity index (χ0v) is 10.8. The summed E-state index contributed by atoms with van der Waals surface area (Å²) < 4.78 is 0. The van der Waals surface area contributed by atoms with Crippen LogP contribution in [0.15, 0.2) is 12.7 Å². The lowest BCUT2D eigenvalue weighted by molar-refractivity contribution is 0.0439. The molecule has 1 N–H and O–H groups in total. The van der Waals surface area contributed by atoms with Crippen molar-refractivity contribution in [2.75, 3.05) is 19.6 Å². The fourth-order valence-corrected chi connectivity index (χ4v) is 3.09. The molecular weight excluding hydrogens is 196 g/mol. The van der Waals surface area contributed by atoms with Crippen LogP contribution in [-0.2, 0) is 0 Å². The molecule has 92 valence electrons. The zero-order valence-electron chi connectivity index (χ0n) is 10.8. The van der Waals surface area contributed by atoms with Gasteiger partial charge in [-0.05, 0) is 32.1 Å². The second-order valence-electron chi connectivity index (χ2n) is 5.69.